The molecule has 1 aromatic carbocycles. The molecule has 0 spiro atoms. The van der Waals surface area contributed by atoms with Crippen molar-refractivity contribution in [3.8, 4) is 5.75 Å². The number of amides is 2. The minimum atomic E-state index is -0.527. The zero-order valence-corrected chi connectivity index (χ0v) is 17.2. The van der Waals surface area contributed by atoms with Gasteiger partial charge in [-0.2, -0.15) is 0 Å². The van der Waals surface area contributed by atoms with Crippen LogP contribution in [0.3, 0.4) is 0 Å². The second-order valence-electron chi connectivity index (χ2n) is 7.64. The molecule has 0 saturated carbocycles. The lowest BCUT2D eigenvalue weighted by atomic mass is 10.1. The molecule has 0 unspecified atom stereocenters. The van der Waals surface area contributed by atoms with Gasteiger partial charge in [0.25, 0.3) is 5.91 Å². The van der Waals surface area contributed by atoms with E-state index in [2.05, 4.69) is 10.2 Å². The predicted octanol–water partition coefficient (Wildman–Crippen LogP) is 2.13. The van der Waals surface area contributed by atoms with Gasteiger partial charge in [-0.3, -0.25) is 14.5 Å². The summed E-state index contributed by atoms with van der Waals surface area (Å²) in [6.45, 7) is 13.0. The van der Waals surface area contributed by atoms with Crippen LogP contribution in [0.4, 0.5) is 0 Å². The molecule has 1 saturated heterocycles. The van der Waals surface area contributed by atoms with Gasteiger partial charge in [0, 0.05) is 32.2 Å². The first-order valence-corrected chi connectivity index (χ1v) is 9.81. The molecule has 0 bridgehead atoms. The highest BCUT2D eigenvalue weighted by molar-refractivity contribution is 5.81. The molecule has 1 aliphatic heterocycles. The summed E-state index contributed by atoms with van der Waals surface area (Å²) >= 11 is 0. The smallest absolute Gasteiger partial charge is 0.263 e. The van der Waals surface area contributed by atoms with E-state index in [1.165, 1.54) is 0 Å². The van der Waals surface area contributed by atoms with E-state index in [-0.39, 0.29) is 17.9 Å². The fourth-order valence-electron chi connectivity index (χ4n) is 3.27. The van der Waals surface area contributed by atoms with Crippen LogP contribution in [0.5, 0.6) is 5.75 Å². The van der Waals surface area contributed by atoms with E-state index in [1.807, 2.05) is 57.7 Å². The molecular weight excluding hydrogens is 342 g/mol. The number of hydrogen-bond donors (Lipinski definition) is 1. The summed E-state index contributed by atoms with van der Waals surface area (Å²) in [4.78, 5) is 28.8. The summed E-state index contributed by atoms with van der Waals surface area (Å²) in [7, 11) is 0. The lowest BCUT2D eigenvalue weighted by molar-refractivity contribution is -0.137. The Morgan fingerprint density at radius 3 is 2.56 bits per heavy atom. The van der Waals surface area contributed by atoms with Gasteiger partial charge in [-0.15, -0.1) is 0 Å². The van der Waals surface area contributed by atoms with Crippen molar-refractivity contribution in [2.24, 2.45) is 0 Å². The van der Waals surface area contributed by atoms with E-state index in [9.17, 15) is 9.59 Å². The number of aryl methyl sites for hydroxylation is 1. The molecule has 1 heterocycles. The number of rotatable bonds is 6. The van der Waals surface area contributed by atoms with E-state index < -0.39 is 6.10 Å². The van der Waals surface area contributed by atoms with Gasteiger partial charge in [0.05, 0.1) is 6.54 Å². The first-order valence-electron chi connectivity index (χ1n) is 9.81. The molecule has 1 aliphatic rings. The Kier molecular flexibility index (Phi) is 7.66. The second kappa shape index (κ2) is 9.74. The number of nitrogens with one attached hydrogen (secondary N) is 1. The molecule has 1 fully saturated rings. The fraction of sp³-hybridized carbons (Fsp3) is 0.619. The molecule has 1 atom stereocenters. The van der Waals surface area contributed by atoms with Gasteiger partial charge in [-0.1, -0.05) is 12.1 Å². The standard InChI is InChI=1S/C21H33N3O3/c1-15(2)22-20(25)14-23-10-7-11-24(13-12-23)21(26)18(5)27-19-9-6-8-16(3)17(19)4/h6,8-9,15,18H,7,10-14H2,1-5H3,(H,22,25)/t18-/m0/s1. The van der Waals surface area contributed by atoms with Gasteiger partial charge in [-0.05, 0) is 58.2 Å². The van der Waals surface area contributed by atoms with E-state index in [1.54, 1.807) is 0 Å². The highest BCUT2D eigenvalue weighted by atomic mass is 16.5. The van der Waals surface area contributed by atoms with Gasteiger partial charge in [0.15, 0.2) is 6.10 Å². The number of benzene rings is 1. The third kappa shape index (κ3) is 6.24. The zero-order valence-electron chi connectivity index (χ0n) is 17.2. The molecule has 0 radical (unpaired) electrons. The van der Waals surface area contributed by atoms with Gasteiger partial charge in [0.2, 0.25) is 5.91 Å². The molecule has 2 amide bonds. The highest BCUT2D eigenvalue weighted by Crippen LogP contribution is 2.22. The first-order chi connectivity index (χ1) is 12.8. The van der Waals surface area contributed by atoms with Crippen molar-refractivity contribution < 1.29 is 14.3 Å². The van der Waals surface area contributed by atoms with Gasteiger partial charge < -0.3 is 15.0 Å². The van der Waals surface area contributed by atoms with Crippen molar-refractivity contribution in [1.29, 1.82) is 0 Å². The normalized spacial score (nSPS) is 16.7. The van der Waals surface area contributed by atoms with E-state index in [0.717, 1.165) is 29.8 Å². The van der Waals surface area contributed by atoms with Crippen molar-refractivity contribution in [2.75, 3.05) is 32.7 Å². The van der Waals surface area contributed by atoms with Crippen LogP contribution in [0.15, 0.2) is 18.2 Å². The quantitative estimate of drug-likeness (QED) is 0.827. The van der Waals surface area contributed by atoms with Crippen LogP contribution < -0.4 is 10.1 Å². The Hall–Kier alpha value is -2.08. The van der Waals surface area contributed by atoms with Crippen LogP contribution in [-0.4, -0.2) is 66.5 Å². The Morgan fingerprint density at radius 1 is 1.11 bits per heavy atom. The van der Waals surface area contributed by atoms with Crippen molar-refractivity contribution in [2.45, 2.75) is 53.2 Å². The maximum absolute atomic E-state index is 12.8. The van der Waals surface area contributed by atoms with Gasteiger partial charge in [0.1, 0.15) is 5.75 Å². The molecule has 1 N–H and O–H groups in total. The Morgan fingerprint density at radius 2 is 1.85 bits per heavy atom. The SMILES string of the molecule is Cc1cccc(O[C@@H](C)C(=O)N2CCCN(CC(=O)NC(C)C)CC2)c1C. The first kappa shape index (κ1) is 21.2. The lowest BCUT2D eigenvalue weighted by Crippen LogP contribution is -2.44. The predicted molar refractivity (Wildman–Crippen MR) is 107 cm³/mol. The number of carbonyl (C=O) groups is 2. The lowest BCUT2D eigenvalue weighted by Gasteiger charge is -2.25. The van der Waals surface area contributed by atoms with Gasteiger partial charge >= 0.3 is 0 Å². The van der Waals surface area contributed by atoms with Crippen LogP contribution in [-0.2, 0) is 9.59 Å². The van der Waals surface area contributed by atoms with Crippen LogP contribution in [0, 0.1) is 13.8 Å². The van der Waals surface area contributed by atoms with E-state index >= 15 is 0 Å². The monoisotopic (exact) mass is 375 g/mol. The fourth-order valence-corrected chi connectivity index (χ4v) is 3.27. The summed E-state index contributed by atoms with van der Waals surface area (Å²) in [5.41, 5.74) is 2.22. The van der Waals surface area contributed by atoms with Crippen LogP contribution in [0.25, 0.3) is 0 Å². The number of carbonyl (C=O) groups excluding carboxylic acids is 2. The molecule has 2 rings (SSSR count). The molecule has 27 heavy (non-hydrogen) atoms. The molecule has 6 heteroatoms. The molecule has 150 valence electrons. The summed E-state index contributed by atoms with van der Waals surface area (Å²) in [5, 5.41) is 2.92. The number of hydrogen-bond acceptors (Lipinski definition) is 4. The van der Waals surface area contributed by atoms with Crippen molar-refractivity contribution in [1.82, 2.24) is 15.1 Å². The van der Waals surface area contributed by atoms with Crippen LogP contribution >= 0.6 is 0 Å². The molecule has 0 aromatic heterocycles. The molecular formula is C21H33N3O3. The average Bonchev–Trinajstić information content (AvgIpc) is 2.83. The minimum Gasteiger partial charge on any atom is -0.481 e. The second-order valence-corrected chi connectivity index (χ2v) is 7.64. The third-order valence-corrected chi connectivity index (χ3v) is 4.92. The number of nitrogens with zero attached hydrogens (tertiary/aromatic N) is 2. The molecule has 1 aromatic rings. The maximum Gasteiger partial charge on any atom is 0.263 e. The van der Waals surface area contributed by atoms with Crippen molar-refractivity contribution >= 4 is 11.8 Å². The summed E-state index contributed by atoms with van der Waals surface area (Å²) in [6, 6.07) is 6.03. The topological polar surface area (TPSA) is 61.9 Å². The third-order valence-electron chi connectivity index (χ3n) is 4.92. The average molecular weight is 376 g/mol. The summed E-state index contributed by atoms with van der Waals surface area (Å²) in [5.74, 6) is 0.804. The Bertz CT molecular complexity index is 660. The van der Waals surface area contributed by atoms with Crippen molar-refractivity contribution in [3.63, 3.8) is 0 Å². The molecule has 6 nitrogen and oxygen atoms in total. The Balaban J connectivity index is 1.89. The largest absolute Gasteiger partial charge is 0.481 e. The van der Waals surface area contributed by atoms with E-state index in [0.29, 0.717) is 26.2 Å². The summed E-state index contributed by atoms with van der Waals surface area (Å²) < 4.78 is 5.95. The van der Waals surface area contributed by atoms with E-state index in [4.69, 9.17) is 4.74 Å². The molecule has 0 aliphatic carbocycles. The van der Waals surface area contributed by atoms with Crippen LogP contribution in [0.2, 0.25) is 0 Å². The van der Waals surface area contributed by atoms with Crippen LogP contribution in [0.1, 0.15) is 38.3 Å². The Labute approximate surface area is 162 Å². The zero-order chi connectivity index (χ0) is 20.0. The summed E-state index contributed by atoms with van der Waals surface area (Å²) in [6.07, 6.45) is 0.331. The highest BCUT2D eigenvalue weighted by Gasteiger charge is 2.25. The van der Waals surface area contributed by atoms with Crippen molar-refractivity contribution in [3.05, 3.63) is 29.3 Å². The maximum atomic E-state index is 12.8. The minimum absolute atomic E-state index is 0.00406. The van der Waals surface area contributed by atoms with Gasteiger partial charge in [-0.25, -0.2) is 0 Å². The number of ether oxygens (including phenoxy) is 1.